The Balaban J connectivity index is 2.01. The SMILES string of the molecule is CCCC[C@H](N)CNCC[C@H](N)C(=O)N[C@H](Cc1ccc(-c2ccc(NC(C)=O)cc2)cc1)C(=O)NCC[C@@H](N)C=O. The van der Waals surface area contributed by atoms with Gasteiger partial charge in [0.1, 0.15) is 12.3 Å². The molecule has 4 atom stereocenters. The fourth-order valence-corrected chi connectivity index (χ4v) is 4.30. The van der Waals surface area contributed by atoms with Crippen LogP contribution in [0.15, 0.2) is 48.5 Å². The number of hydrogen-bond donors (Lipinski definition) is 7. The predicted octanol–water partition coefficient (Wildman–Crippen LogP) is 1.20. The van der Waals surface area contributed by atoms with Crippen LogP contribution in [0.5, 0.6) is 0 Å². The highest BCUT2D eigenvalue weighted by Gasteiger charge is 2.24. The van der Waals surface area contributed by atoms with Gasteiger partial charge in [0.25, 0.3) is 0 Å². The van der Waals surface area contributed by atoms with Gasteiger partial charge >= 0.3 is 0 Å². The summed E-state index contributed by atoms with van der Waals surface area (Å²) >= 11 is 0. The van der Waals surface area contributed by atoms with Gasteiger partial charge < -0.3 is 43.3 Å². The van der Waals surface area contributed by atoms with Crippen molar-refractivity contribution in [2.75, 3.05) is 25.0 Å². The zero-order chi connectivity index (χ0) is 30.9. The number of amides is 3. The van der Waals surface area contributed by atoms with Crippen molar-refractivity contribution in [2.45, 2.75) is 76.5 Å². The number of aldehydes is 1. The largest absolute Gasteiger partial charge is 0.354 e. The molecule has 0 aromatic heterocycles. The Morgan fingerprint density at radius 1 is 0.857 bits per heavy atom. The van der Waals surface area contributed by atoms with Crippen molar-refractivity contribution in [1.82, 2.24) is 16.0 Å². The number of nitrogens with one attached hydrogen (secondary N) is 4. The van der Waals surface area contributed by atoms with Gasteiger partial charge in [-0.05, 0) is 54.6 Å². The van der Waals surface area contributed by atoms with E-state index in [2.05, 4.69) is 28.2 Å². The Morgan fingerprint density at radius 3 is 2.10 bits per heavy atom. The van der Waals surface area contributed by atoms with E-state index in [4.69, 9.17) is 17.2 Å². The van der Waals surface area contributed by atoms with Crippen LogP contribution < -0.4 is 38.5 Å². The average molecular weight is 582 g/mol. The Bertz CT molecular complexity index is 1130. The predicted molar refractivity (Wildman–Crippen MR) is 166 cm³/mol. The van der Waals surface area contributed by atoms with Crippen LogP contribution in [0.2, 0.25) is 0 Å². The third kappa shape index (κ3) is 12.9. The molecule has 11 heteroatoms. The highest BCUT2D eigenvalue weighted by Crippen LogP contribution is 2.22. The molecule has 0 aliphatic heterocycles. The summed E-state index contributed by atoms with van der Waals surface area (Å²) in [7, 11) is 0. The van der Waals surface area contributed by atoms with Crippen molar-refractivity contribution >= 4 is 29.7 Å². The number of benzene rings is 2. The third-order valence-corrected chi connectivity index (χ3v) is 6.82. The number of nitrogens with two attached hydrogens (primary N) is 3. The molecule has 0 heterocycles. The van der Waals surface area contributed by atoms with Crippen LogP contribution in [0.4, 0.5) is 5.69 Å². The van der Waals surface area contributed by atoms with Crippen molar-refractivity contribution < 1.29 is 19.2 Å². The highest BCUT2D eigenvalue weighted by molar-refractivity contribution is 5.90. The molecule has 0 aliphatic rings. The molecular formula is C31H47N7O4. The average Bonchev–Trinajstić information content (AvgIpc) is 2.98. The summed E-state index contributed by atoms with van der Waals surface area (Å²) < 4.78 is 0. The van der Waals surface area contributed by atoms with Gasteiger partial charge in [-0.2, -0.15) is 0 Å². The fraction of sp³-hybridized carbons (Fsp3) is 0.484. The molecule has 2 aromatic rings. The molecule has 2 rings (SSSR count). The molecule has 0 aliphatic carbocycles. The van der Waals surface area contributed by atoms with Gasteiger partial charge in [0.15, 0.2) is 0 Å². The number of carbonyl (C=O) groups is 4. The summed E-state index contributed by atoms with van der Waals surface area (Å²) in [6.45, 7) is 4.96. The maximum atomic E-state index is 13.0. The van der Waals surface area contributed by atoms with Gasteiger partial charge in [0, 0.05) is 38.2 Å². The zero-order valence-electron chi connectivity index (χ0n) is 24.7. The first-order valence-electron chi connectivity index (χ1n) is 14.6. The van der Waals surface area contributed by atoms with Crippen LogP contribution in [-0.4, -0.2) is 67.8 Å². The Morgan fingerprint density at radius 2 is 1.50 bits per heavy atom. The lowest BCUT2D eigenvalue weighted by atomic mass is 9.99. The van der Waals surface area contributed by atoms with Crippen LogP contribution in [0.3, 0.4) is 0 Å². The van der Waals surface area contributed by atoms with Crippen molar-refractivity contribution in [3.05, 3.63) is 54.1 Å². The van der Waals surface area contributed by atoms with E-state index in [1.165, 1.54) is 6.92 Å². The van der Waals surface area contributed by atoms with E-state index in [-0.39, 0.29) is 37.2 Å². The molecule has 0 saturated heterocycles. The molecule has 3 amide bonds. The van der Waals surface area contributed by atoms with Crippen LogP contribution in [0, 0.1) is 0 Å². The van der Waals surface area contributed by atoms with E-state index in [9.17, 15) is 19.2 Å². The highest BCUT2D eigenvalue weighted by atomic mass is 16.2. The van der Waals surface area contributed by atoms with Crippen LogP contribution in [0.25, 0.3) is 11.1 Å². The Hall–Kier alpha value is -3.64. The molecule has 0 radical (unpaired) electrons. The summed E-state index contributed by atoms with van der Waals surface area (Å²) in [6.07, 6.45) is 4.67. The van der Waals surface area contributed by atoms with Crippen LogP contribution >= 0.6 is 0 Å². The number of rotatable bonds is 19. The second-order valence-corrected chi connectivity index (χ2v) is 10.6. The van der Waals surface area contributed by atoms with Crippen molar-refractivity contribution in [3.8, 4) is 11.1 Å². The lowest BCUT2D eigenvalue weighted by molar-refractivity contribution is -0.129. The standard InChI is InChI=1S/C31H47N7O4/c1-3-4-5-25(32)19-35-16-15-28(34)30(41)38-29(31(42)36-17-14-26(33)20-39)18-22-6-8-23(9-7-22)24-10-12-27(13-11-24)37-21(2)40/h6-13,20,25-26,28-29,35H,3-5,14-19,32-34H2,1-2H3,(H,36,42)(H,37,40)(H,38,41)/t25-,26+,28-,29+/m0/s1. The number of anilines is 1. The molecule has 0 bridgehead atoms. The Kier molecular flexibility index (Phi) is 15.4. The van der Waals surface area contributed by atoms with Crippen molar-refractivity contribution in [2.24, 2.45) is 17.2 Å². The molecule has 11 nitrogen and oxygen atoms in total. The van der Waals surface area contributed by atoms with Gasteiger partial charge in [-0.3, -0.25) is 14.4 Å². The van der Waals surface area contributed by atoms with Gasteiger partial charge in [-0.1, -0.05) is 56.2 Å². The van der Waals surface area contributed by atoms with Crippen LogP contribution in [-0.2, 0) is 25.6 Å². The van der Waals surface area contributed by atoms with Gasteiger partial charge in [0.2, 0.25) is 17.7 Å². The lowest BCUT2D eigenvalue weighted by Gasteiger charge is -2.21. The molecule has 0 fully saturated rings. The molecule has 0 spiro atoms. The quantitative estimate of drug-likeness (QED) is 0.0949. The van der Waals surface area contributed by atoms with E-state index < -0.39 is 24.0 Å². The van der Waals surface area contributed by atoms with E-state index in [1.54, 1.807) is 0 Å². The summed E-state index contributed by atoms with van der Waals surface area (Å²) in [6, 6.07) is 12.9. The third-order valence-electron chi connectivity index (χ3n) is 6.82. The molecule has 2 aromatic carbocycles. The maximum absolute atomic E-state index is 13.0. The lowest BCUT2D eigenvalue weighted by Crippen LogP contribution is -2.53. The first-order valence-corrected chi connectivity index (χ1v) is 14.6. The summed E-state index contributed by atoms with van der Waals surface area (Å²) in [5, 5.41) is 11.6. The number of carbonyl (C=O) groups excluding carboxylic acids is 4. The zero-order valence-corrected chi connectivity index (χ0v) is 24.7. The van der Waals surface area contributed by atoms with Crippen molar-refractivity contribution in [3.63, 3.8) is 0 Å². The van der Waals surface area contributed by atoms with E-state index in [0.717, 1.165) is 36.0 Å². The summed E-state index contributed by atoms with van der Waals surface area (Å²) in [5.41, 5.74) is 21.3. The molecule has 42 heavy (non-hydrogen) atoms. The summed E-state index contributed by atoms with van der Waals surface area (Å²) in [5.74, 6) is -0.941. The number of hydrogen-bond acceptors (Lipinski definition) is 8. The second-order valence-electron chi connectivity index (χ2n) is 10.6. The summed E-state index contributed by atoms with van der Waals surface area (Å²) in [4.78, 5) is 48.0. The normalized spacial score (nSPS) is 13.8. The van der Waals surface area contributed by atoms with Crippen molar-refractivity contribution in [1.29, 1.82) is 0 Å². The minimum Gasteiger partial charge on any atom is -0.354 e. The van der Waals surface area contributed by atoms with Gasteiger partial charge in [-0.25, -0.2) is 0 Å². The number of unbranched alkanes of at least 4 members (excludes halogenated alkanes) is 1. The maximum Gasteiger partial charge on any atom is 0.242 e. The smallest absolute Gasteiger partial charge is 0.242 e. The molecular weight excluding hydrogens is 534 g/mol. The molecule has 0 saturated carbocycles. The topological polar surface area (TPSA) is 194 Å². The molecule has 10 N–H and O–H groups in total. The minimum atomic E-state index is -0.866. The monoisotopic (exact) mass is 581 g/mol. The second kappa shape index (κ2) is 18.7. The first kappa shape index (κ1) is 34.6. The first-order chi connectivity index (χ1) is 20.1. The van der Waals surface area contributed by atoms with E-state index in [0.29, 0.717) is 31.5 Å². The van der Waals surface area contributed by atoms with Gasteiger partial charge in [0.05, 0.1) is 12.1 Å². The van der Waals surface area contributed by atoms with E-state index >= 15 is 0 Å². The fourth-order valence-electron chi connectivity index (χ4n) is 4.30. The minimum absolute atomic E-state index is 0.0601. The molecule has 230 valence electrons. The van der Waals surface area contributed by atoms with E-state index in [1.807, 2.05) is 48.5 Å². The Labute approximate surface area is 248 Å². The van der Waals surface area contributed by atoms with Gasteiger partial charge in [-0.15, -0.1) is 0 Å². The van der Waals surface area contributed by atoms with Crippen LogP contribution in [0.1, 0.15) is 51.5 Å². The molecule has 0 unspecified atom stereocenters.